The minimum Gasteiger partial charge on any atom is -0.497 e. The molecule has 1 aromatic heterocycles. The van der Waals surface area contributed by atoms with Crippen molar-refractivity contribution in [2.45, 2.75) is 39.7 Å². The molecule has 0 bridgehead atoms. The number of imidazole rings is 1. The lowest BCUT2D eigenvalue weighted by Crippen LogP contribution is -2.38. The van der Waals surface area contributed by atoms with Crippen molar-refractivity contribution in [1.29, 1.82) is 0 Å². The number of nitrogens with zero attached hydrogens (tertiary/aromatic N) is 3. The Labute approximate surface area is 156 Å². The van der Waals surface area contributed by atoms with Gasteiger partial charge in [0.1, 0.15) is 11.6 Å². The summed E-state index contributed by atoms with van der Waals surface area (Å²) >= 11 is 0. The molecular weight excluding hydrogens is 326 g/mol. The van der Waals surface area contributed by atoms with Gasteiger partial charge in [-0.25, -0.2) is 4.98 Å². The second-order valence-corrected chi connectivity index (χ2v) is 6.16. The number of rotatable bonds is 10. The number of guanidine groups is 1. The molecule has 2 N–H and O–H groups in total. The van der Waals surface area contributed by atoms with Gasteiger partial charge in [0, 0.05) is 38.6 Å². The molecule has 2 aromatic rings. The molecule has 0 amide bonds. The fraction of sp³-hybridized carbons (Fsp3) is 0.500. The lowest BCUT2D eigenvalue weighted by molar-refractivity contribution is 0.414. The summed E-state index contributed by atoms with van der Waals surface area (Å²) in [4.78, 5) is 8.91. The third kappa shape index (κ3) is 6.78. The average Bonchev–Trinajstić information content (AvgIpc) is 3.07. The van der Waals surface area contributed by atoms with Gasteiger partial charge in [0.15, 0.2) is 5.96 Å². The standard InChI is InChI=1S/C20H31N5O/c1-4-21-20(23-12-5-6-15-25-16-14-22-17(25)2)24-13-11-18-7-9-19(26-3)10-8-18/h7-10,14,16H,4-6,11-13,15H2,1-3H3,(H2,21,23,24). The molecular formula is C20H31N5O. The van der Waals surface area contributed by atoms with Gasteiger partial charge in [0.25, 0.3) is 0 Å². The van der Waals surface area contributed by atoms with E-state index in [9.17, 15) is 0 Å². The zero-order valence-corrected chi connectivity index (χ0v) is 16.2. The largest absolute Gasteiger partial charge is 0.497 e. The SMILES string of the molecule is CCNC(=NCCCCn1ccnc1C)NCCc1ccc(OC)cc1. The van der Waals surface area contributed by atoms with Crippen molar-refractivity contribution in [3.63, 3.8) is 0 Å². The van der Waals surface area contributed by atoms with Crippen molar-refractivity contribution in [1.82, 2.24) is 20.2 Å². The van der Waals surface area contributed by atoms with E-state index in [0.717, 1.165) is 63.0 Å². The molecule has 1 aromatic carbocycles. The van der Waals surface area contributed by atoms with Crippen molar-refractivity contribution in [3.05, 3.63) is 48.0 Å². The number of hydrogen-bond donors (Lipinski definition) is 2. The van der Waals surface area contributed by atoms with E-state index in [4.69, 9.17) is 4.74 Å². The van der Waals surface area contributed by atoms with Crippen molar-refractivity contribution in [2.24, 2.45) is 4.99 Å². The lowest BCUT2D eigenvalue weighted by atomic mass is 10.1. The summed E-state index contributed by atoms with van der Waals surface area (Å²) in [6.07, 6.45) is 7.00. The molecule has 26 heavy (non-hydrogen) atoms. The van der Waals surface area contributed by atoms with E-state index in [-0.39, 0.29) is 0 Å². The number of methoxy groups -OCH3 is 1. The molecule has 1 heterocycles. The number of ether oxygens (including phenoxy) is 1. The summed E-state index contributed by atoms with van der Waals surface area (Å²) in [5, 5.41) is 6.71. The molecule has 0 fully saturated rings. The summed E-state index contributed by atoms with van der Waals surface area (Å²) in [6, 6.07) is 8.19. The van der Waals surface area contributed by atoms with Gasteiger partial charge in [-0.1, -0.05) is 12.1 Å². The Hall–Kier alpha value is -2.50. The second-order valence-electron chi connectivity index (χ2n) is 6.16. The minimum absolute atomic E-state index is 0.825. The molecule has 0 aliphatic rings. The summed E-state index contributed by atoms with van der Waals surface area (Å²) in [6.45, 7) is 7.67. The topological polar surface area (TPSA) is 63.5 Å². The fourth-order valence-corrected chi connectivity index (χ4v) is 2.68. The minimum atomic E-state index is 0.825. The normalized spacial score (nSPS) is 11.4. The van der Waals surface area contributed by atoms with Gasteiger partial charge < -0.3 is 19.9 Å². The van der Waals surface area contributed by atoms with Crippen LogP contribution in [0.2, 0.25) is 0 Å². The molecule has 0 aliphatic carbocycles. The molecule has 0 spiro atoms. The zero-order chi connectivity index (χ0) is 18.6. The molecule has 0 saturated carbocycles. The number of benzene rings is 1. The van der Waals surface area contributed by atoms with Gasteiger partial charge in [-0.15, -0.1) is 0 Å². The summed E-state index contributed by atoms with van der Waals surface area (Å²) < 4.78 is 7.37. The zero-order valence-electron chi connectivity index (χ0n) is 16.2. The maximum atomic E-state index is 5.19. The van der Waals surface area contributed by atoms with E-state index in [1.165, 1.54) is 5.56 Å². The highest BCUT2D eigenvalue weighted by Crippen LogP contribution is 2.11. The number of hydrogen-bond acceptors (Lipinski definition) is 3. The number of aromatic nitrogens is 2. The monoisotopic (exact) mass is 357 g/mol. The Bertz CT molecular complexity index is 663. The average molecular weight is 358 g/mol. The highest BCUT2D eigenvalue weighted by Gasteiger charge is 1.99. The number of nitrogens with one attached hydrogen (secondary N) is 2. The summed E-state index contributed by atoms with van der Waals surface area (Å²) in [5.41, 5.74) is 1.28. The third-order valence-electron chi connectivity index (χ3n) is 4.21. The van der Waals surface area contributed by atoms with Gasteiger partial charge in [-0.2, -0.15) is 0 Å². The van der Waals surface area contributed by atoms with Crippen molar-refractivity contribution in [2.75, 3.05) is 26.7 Å². The Morgan fingerprint density at radius 1 is 1.19 bits per heavy atom. The maximum absolute atomic E-state index is 5.19. The first-order chi connectivity index (χ1) is 12.7. The summed E-state index contributed by atoms with van der Waals surface area (Å²) in [7, 11) is 1.69. The van der Waals surface area contributed by atoms with Crippen LogP contribution < -0.4 is 15.4 Å². The van der Waals surface area contributed by atoms with Gasteiger partial charge in [-0.3, -0.25) is 4.99 Å². The molecule has 6 heteroatoms. The highest BCUT2D eigenvalue weighted by atomic mass is 16.5. The van der Waals surface area contributed by atoms with E-state index < -0.39 is 0 Å². The Morgan fingerprint density at radius 3 is 2.65 bits per heavy atom. The van der Waals surface area contributed by atoms with Gasteiger partial charge >= 0.3 is 0 Å². The first-order valence-corrected chi connectivity index (χ1v) is 9.35. The van der Waals surface area contributed by atoms with Gasteiger partial charge in [0.05, 0.1) is 7.11 Å². The number of aliphatic imine (C=N–C) groups is 1. The first kappa shape index (κ1) is 19.8. The Morgan fingerprint density at radius 2 is 2.00 bits per heavy atom. The highest BCUT2D eigenvalue weighted by molar-refractivity contribution is 5.79. The van der Waals surface area contributed by atoms with Crippen molar-refractivity contribution >= 4 is 5.96 Å². The van der Waals surface area contributed by atoms with Gasteiger partial charge in [-0.05, 0) is 50.8 Å². The second kappa shape index (κ2) is 11.2. The van der Waals surface area contributed by atoms with Gasteiger partial charge in [0.2, 0.25) is 0 Å². The number of unbranched alkanes of at least 4 members (excludes halogenated alkanes) is 1. The Balaban J connectivity index is 1.68. The van der Waals surface area contributed by atoms with Crippen molar-refractivity contribution < 1.29 is 4.74 Å². The van der Waals surface area contributed by atoms with E-state index in [2.05, 4.69) is 44.2 Å². The lowest BCUT2D eigenvalue weighted by Gasteiger charge is -2.11. The smallest absolute Gasteiger partial charge is 0.191 e. The van der Waals surface area contributed by atoms with E-state index in [1.807, 2.05) is 31.5 Å². The number of aryl methyl sites for hydroxylation is 2. The third-order valence-corrected chi connectivity index (χ3v) is 4.21. The Kier molecular flexibility index (Phi) is 8.52. The molecule has 0 radical (unpaired) electrons. The molecule has 0 atom stereocenters. The quantitative estimate of drug-likeness (QED) is 0.390. The van der Waals surface area contributed by atoms with E-state index in [1.54, 1.807) is 7.11 Å². The van der Waals surface area contributed by atoms with E-state index in [0.29, 0.717) is 0 Å². The van der Waals surface area contributed by atoms with Crippen LogP contribution in [-0.2, 0) is 13.0 Å². The first-order valence-electron chi connectivity index (χ1n) is 9.35. The maximum Gasteiger partial charge on any atom is 0.191 e. The predicted molar refractivity (Wildman–Crippen MR) is 107 cm³/mol. The fourth-order valence-electron chi connectivity index (χ4n) is 2.68. The van der Waals surface area contributed by atoms with Crippen LogP contribution in [0.3, 0.4) is 0 Å². The molecule has 2 rings (SSSR count). The molecule has 142 valence electrons. The van der Waals surface area contributed by atoms with E-state index >= 15 is 0 Å². The van der Waals surface area contributed by atoms with Crippen LogP contribution in [-0.4, -0.2) is 42.3 Å². The van der Waals surface area contributed by atoms with Crippen LogP contribution in [0.5, 0.6) is 5.75 Å². The van der Waals surface area contributed by atoms with Crippen LogP contribution >= 0.6 is 0 Å². The molecule has 0 unspecified atom stereocenters. The molecule has 0 aliphatic heterocycles. The summed E-state index contributed by atoms with van der Waals surface area (Å²) in [5.74, 6) is 2.85. The van der Waals surface area contributed by atoms with Crippen LogP contribution in [0, 0.1) is 6.92 Å². The molecule has 6 nitrogen and oxygen atoms in total. The van der Waals surface area contributed by atoms with Crippen LogP contribution in [0.15, 0.2) is 41.7 Å². The van der Waals surface area contributed by atoms with Crippen LogP contribution in [0.1, 0.15) is 31.2 Å². The van der Waals surface area contributed by atoms with Crippen molar-refractivity contribution in [3.8, 4) is 5.75 Å². The molecule has 0 saturated heterocycles. The van der Waals surface area contributed by atoms with Crippen LogP contribution in [0.25, 0.3) is 0 Å². The predicted octanol–water partition coefficient (Wildman–Crippen LogP) is 2.78. The van der Waals surface area contributed by atoms with Crippen LogP contribution in [0.4, 0.5) is 0 Å².